The predicted molar refractivity (Wildman–Crippen MR) is 62.4 cm³/mol. The van der Waals surface area contributed by atoms with E-state index in [-0.39, 0.29) is 5.69 Å². The fourth-order valence-corrected chi connectivity index (χ4v) is 1.67. The van der Waals surface area contributed by atoms with Gasteiger partial charge in [-0.05, 0) is 4.92 Å². The van der Waals surface area contributed by atoms with Crippen molar-refractivity contribution in [1.82, 2.24) is 19.7 Å². The number of hydrogen-bond acceptors (Lipinski definition) is 6. The van der Waals surface area contributed by atoms with Gasteiger partial charge in [-0.1, -0.05) is 0 Å². The summed E-state index contributed by atoms with van der Waals surface area (Å²) in [5.74, 6) is -3.98. The van der Waals surface area contributed by atoms with Gasteiger partial charge in [-0.3, -0.25) is 0 Å². The first-order chi connectivity index (χ1) is 10.1. The third kappa shape index (κ3) is 2.66. The van der Waals surface area contributed by atoms with Gasteiger partial charge >= 0.3 is 12.0 Å². The maximum atomic E-state index is 13.7. The number of methoxy groups -OCH3 is 1. The highest BCUT2D eigenvalue weighted by atomic mass is 19.4. The second-order valence-electron chi connectivity index (χ2n) is 3.99. The van der Waals surface area contributed by atoms with E-state index in [0.717, 1.165) is 17.9 Å². The smallest absolute Gasteiger partial charge is 0.426 e. The van der Waals surface area contributed by atoms with Crippen molar-refractivity contribution >= 4 is 5.82 Å². The number of ether oxygens (including phenoxy) is 1. The largest absolute Gasteiger partial charge is 0.480 e. The highest BCUT2D eigenvalue weighted by Crippen LogP contribution is 2.37. The lowest BCUT2D eigenvalue weighted by Crippen LogP contribution is -2.14. The zero-order valence-electron chi connectivity index (χ0n) is 11.1. The maximum absolute atomic E-state index is 13.7. The molecule has 0 aromatic carbocycles. The van der Waals surface area contributed by atoms with Crippen LogP contribution in [0.15, 0.2) is 6.07 Å². The lowest BCUT2D eigenvalue weighted by atomic mass is 10.3. The van der Waals surface area contributed by atoms with Crippen LogP contribution in [0.4, 0.5) is 23.4 Å². The molecule has 0 aliphatic carbocycles. The fourth-order valence-electron chi connectivity index (χ4n) is 1.67. The van der Waals surface area contributed by atoms with E-state index in [1.54, 1.807) is 0 Å². The Kier molecular flexibility index (Phi) is 3.69. The summed E-state index contributed by atoms with van der Waals surface area (Å²) in [7, 11) is 2.15. The van der Waals surface area contributed by atoms with E-state index >= 15 is 0 Å². The summed E-state index contributed by atoms with van der Waals surface area (Å²) in [5, 5.41) is 14.1. The van der Waals surface area contributed by atoms with Crippen LogP contribution >= 0.6 is 0 Å². The second kappa shape index (κ2) is 5.20. The highest BCUT2D eigenvalue weighted by Gasteiger charge is 2.40. The van der Waals surface area contributed by atoms with Crippen LogP contribution in [0, 0.1) is 16.1 Å². The number of nitrogens with zero attached hydrogens (tertiary/aromatic N) is 5. The molecule has 0 fully saturated rings. The number of halogens is 4. The molecule has 0 spiro atoms. The number of rotatable bonds is 3. The Hall–Kier alpha value is -2.79. The molecule has 0 unspecified atom stereocenters. The van der Waals surface area contributed by atoms with Crippen molar-refractivity contribution in [2.75, 3.05) is 7.11 Å². The molecule has 0 bridgehead atoms. The van der Waals surface area contributed by atoms with Gasteiger partial charge in [-0.2, -0.15) is 32.2 Å². The van der Waals surface area contributed by atoms with E-state index in [4.69, 9.17) is 0 Å². The summed E-state index contributed by atoms with van der Waals surface area (Å²) < 4.78 is 57.2. The van der Waals surface area contributed by atoms with Crippen LogP contribution in [0.3, 0.4) is 0 Å². The van der Waals surface area contributed by atoms with Crippen LogP contribution in [0.5, 0.6) is 5.88 Å². The Balaban J connectivity index is 2.64. The Morgan fingerprint density at radius 3 is 2.45 bits per heavy atom. The van der Waals surface area contributed by atoms with E-state index in [2.05, 4.69) is 19.8 Å². The molecular weight excluding hydrogens is 314 g/mol. The Morgan fingerprint density at radius 2 is 2.00 bits per heavy atom. The number of nitro groups is 1. The lowest BCUT2D eigenvalue weighted by molar-refractivity contribution is -0.389. The van der Waals surface area contributed by atoms with Crippen molar-refractivity contribution in [1.29, 1.82) is 0 Å². The second-order valence-corrected chi connectivity index (χ2v) is 3.99. The zero-order valence-corrected chi connectivity index (χ0v) is 11.1. The van der Waals surface area contributed by atoms with Crippen molar-refractivity contribution in [3.05, 3.63) is 27.7 Å². The number of aryl methyl sites for hydroxylation is 1. The molecule has 0 N–H and O–H groups in total. The van der Waals surface area contributed by atoms with E-state index in [1.165, 1.54) is 7.05 Å². The van der Waals surface area contributed by atoms with E-state index in [1.807, 2.05) is 0 Å². The van der Waals surface area contributed by atoms with Crippen LogP contribution in [0.25, 0.3) is 11.5 Å². The Bertz CT molecular complexity index is 743. The average molecular weight is 321 g/mol. The number of hydrogen-bond donors (Lipinski definition) is 0. The SMILES string of the molecule is COc1nc(-c2cc([N+](=O)[O-])nn2C)nc(F)c1C(F)(F)F. The topological polar surface area (TPSA) is 96.0 Å². The third-order valence-electron chi connectivity index (χ3n) is 2.59. The van der Waals surface area contributed by atoms with Crippen LogP contribution < -0.4 is 4.74 Å². The molecule has 22 heavy (non-hydrogen) atoms. The minimum atomic E-state index is -5.05. The molecule has 2 heterocycles. The number of alkyl halides is 3. The molecular formula is C10H7F4N5O3. The Morgan fingerprint density at radius 1 is 1.36 bits per heavy atom. The first kappa shape index (κ1) is 15.6. The van der Waals surface area contributed by atoms with Gasteiger partial charge in [0.05, 0.1) is 25.3 Å². The molecule has 0 aliphatic rings. The van der Waals surface area contributed by atoms with E-state index < -0.39 is 40.1 Å². The van der Waals surface area contributed by atoms with Gasteiger partial charge in [-0.15, -0.1) is 0 Å². The molecule has 8 nitrogen and oxygen atoms in total. The van der Waals surface area contributed by atoms with Gasteiger partial charge in [-0.25, -0.2) is 0 Å². The van der Waals surface area contributed by atoms with Crippen molar-refractivity contribution in [3.8, 4) is 17.4 Å². The highest BCUT2D eigenvalue weighted by molar-refractivity contribution is 5.54. The lowest BCUT2D eigenvalue weighted by Gasteiger charge is -2.12. The maximum Gasteiger partial charge on any atom is 0.426 e. The predicted octanol–water partition coefficient (Wildman–Crippen LogP) is 1.95. The fraction of sp³-hybridized carbons (Fsp3) is 0.300. The first-order valence-corrected chi connectivity index (χ1v) is 5.52. The molecule has 2 aromatic rings. The van der Waals surface area contributed by atoms with Crippen LogP contribution in [-0.4, -0.2) is 31.8 Å². The van der Waals surface area contributed by atoms with Crippen LogP contribution in [0.2, 0.25) is 0 Å². The number of aromatic nitrogens is 4. The van der Waals surface area contributed by atoms with Gasteiger partial charge in [0.1, 0.15) is 5.69 Å². The third-order valence-corrected chi connectivity index (χ3v) is 2.59. The van der Waals surface area contributed by atoms with Crippen LogP contribution in [-0.2, 0) is 13.2 Å². The summed E-state index contributed by atoms with van der Waals surface area (Å²) in [6, 6.07) is 0.904. The molecule has 0 amide bonds. The monoisotopic (exact) mass is 321 g/mol. The molecule has 0 saturated carbocycles. The van der Waals surface area contributed by atoms with E-state index in [0.29, 0.717) is 0 Å². The minimum absolute atomic E-state index is 0.141. The molecule has 0 radical (unpaired) electrons. The van der Waals surface area contributed by atoms with Crippen molar-refractivity contribution < 1.29 is 27.2 Å². The molecule has 118 valence electrons. The Labute approximate surface area is 119 Å². The van der Waals surface area contributed by atoms with Crippen molar-refractivity contribution in [3.63, 3.8) is 0 Å². The zero-order chi connectivity index (χ0) is 16.7. The molecule has 0 saturated heterocycles. The summed E-state index contributed by atoms with van der Waals surface area (Å²) in [6.07, 6.45) is -5.05. The van der Waals surface area contributed by atoms with E-state index in [9.17, 15) is 27.7 Å². The molecule has 2 rings (SSSR count). The molecule has 12 heteroatoms. The quantitative estimate of drug-likeness (QED) is 0.371. The normalized spacial score (nSPS) is 11.5. The van der Waals surface area contributed by atoms with Gasteiger partial charge in [0.25, 0.3) is 0 Å². The van der Waals surface area contributed by atoms with Gasteiger partial charge in [0, 0.05) is 0 Å². The van der Waals surface area contributed by atoms with Gasteiger partial charge in [0.2, 0.25) is 11.8 Å². The summed E-state index contributed by atoms with van der Waals surface area (Å²) in [4.78, 5) is 16.3. The molecule has 2 aromatic heterocycles. The van der Waals surface area contributed by atoms with Crippen molar-refractivity contribution in [2.24, 2.45) is 7.05 Å². The van der Waals surface area contributed by atoms with Gasteiger partial charge in [0.15, 0.2) is 11.4 Å². The summed E-state index contributed by atoms with van der Waals surface area (Å²) >= 11 is 0. The molecule has 0 atom stereocenters. The molecule has 0 aliphatic heterocycles. The van der Waals surface area contributed by atoms with Crippen LogP contribution in [0.1, 0.15) is 5.56 Å². The van der Waals surface area contributed by atoms with Gasteiger partial charge < -0.3 is 14.9 Å². The summed E-state index contributed by atoms with van der Waals surface area (Å²) in [6.45, 7) is 0. The van der Waals surface area contributed by atoms with Crippen molar-refractivity contribution in [2.45, 2.75) is 6.18 Å². The average Bonchev–Trinajstić information content (AvgIpc) is 2.78. The standard InChI is InChI=1S/C10H7F4N5O3/c1-18-4(3-5(17-18)19(20)21)8-15-7(11)6(10(12,13)14)9(16-8)22-2/h3H,1-2H3. The summed E-state index contributed by atoms with van der Waals surface area (Å²) in [5.41, 5.74) is -1.90. The first-order valence-electron chi connectivity index (χ1n) is 5.52. The minimum Gasteiger partial charge on any atom is -0.480 e.